The zero-order chi connectivity index (χ0) is 23.1. The molecule has 1 aliphatic heterocycles. The number of carbonyl (C=O) groups excluding carboxylic acids is 3. The number of hydrogen-bond acceptors (Lipinski definition) is 5. The molecule has 3 amide bonds. The van der Waals surface area contributed by atoms with E-state index in [1.807, 2.05) is 31.2 Å². The van der Waals surface area contributed by atoms with Gasteiger partial charge < -0.3 is 15.4 Å². The van der Waals surface area contributed by atoms with Crippen LogP contribution in [0.2, 0.25) is 0 Å². The average molecular weight is 436 g/mol. The molecule has 0 saturated heterocycles. The summed E-state index contributed by atoms with van der Waals surface area (Å²) in [5, 5.41) is 5.87. The predicted molar refractivity (Wildman–Crippen MR) is 125 cm³/mol. The van der Waals surface area contributed by atoms with E-state index in [1.54, 1.807) is 24.3 Å². The Morgan fingerprint density at radius 1 is 0.938 bits per heavy atom. The van der Waals surface area contributed by atoms with Gasteiger partial charge in [-0.2, -0.15) is 0 Å². The minimum Gasteiger partial charge on any atom is -0.382 e. The van der Waals surface area contributed by atoms with E-state index in [2.05, 4.69) is 17.6 Å². The molecule has 0 bridgehead atoms. The first-order valence-electron chi connectivity index (χ1n) is 10.9. The molecule has 2 aromatic rings. The van der Waals surface area contributed by atoms with E-state index in [0.29, 0.717) is 36.5 Å². The fourth-order valence-electron chi connectivity index (χ4n) is 3.52. The van der Waals surface area contributed by atoms with Crippen molar-refractivity contribution in [1.82, 2.24) is 4.90 Å². The van der Waals surface area contributed by atoms with E-state index in [-0.39, 0.29) is 30.0 Å². The van der Waals surface area contributed by atoms with Gasteiger partial charge in [-0.1, -0.05) is 31.2 Å². The number of carbonyl (C=O) groups is 3. The van der Waals surface area contributed by atoms with Gasteiger partial charge in [0.1, 0.15) is 5.70 Å². The molecule has 0 unspecified atom stereocenters. The number of anilines is 2. The summed E-state index contributed by atoms with van der Waals surface area (Å²) in [6.45, 7) is 6.77. The van der Waals surface area contributed by atoms with Gasteiger partial charge in [-0.05, 0) is 55.2 Å². The molecule has 1 aliphatic rings. The number of amides is 3. The molecule has 7 heteroatoms. The van der Waals surface area contributed by atoms with Crippen molar-refractivity contribution < 1.29 is 19.1 Å². The van der Waals surface area contributed by atoms with Gasteiger partial charge >= 0.3 is 0 Å². The van der Waals surface area contributed by atoms with Gasteiger partial charge in [0.05, 0.1) is 5.57 Å². The van der Waals surface area contributed by atoms with Crippen LogP contribution in [0.15, 0.2) is 54.2 Å². The molecule has 0 aliphatic carbocycles. The van der Waals surface area contributed by atoms with Crippen LogP contribution in [0, 0.1) is 0 Å². The van der Waals surface area contributed by atoms with Crippen molar-refractivity contribution in [3.8, 4) is 0 Å². The number of benzene rings is 2. The lowest BCUT2D eigenvalue weighted by Crippen LogP contribution is -2.34. The van der Waals surface area contributed by atoms with Gasteiger partial charge in [0.2, 0.25) is 5.91 Å². The second-order valence-electron chi connectivity index (χ2n) is 7.50. The minimum absolute atomic E-state index is 0.178. The highest BCUT2D eigenvalue weighted by Gasteiger charge is 2.38. The summed E-state index contributed by atoms with van der Waals surface area (Å²) in [7, 11) is 0. The van der Waals surface area contributed by atoms with Crippen molar-refractivity contribution in [3.63, 3.8) is 0 Å². The molecule has 0 atom stereocenters. The standard InChI is InChI=1S/C25H29N3O4/c1-4-18-7-11-21(12-8-18)27-23-22(19-9-13-20(14-10-19)26-17(3)29)24(30)28(25(23)31)15-6-16-32-5-2/h7-14,27H,4-6,15-16H2,1-3H3,(H,26,29). The molecule has 2 aromatic carbocycles. The second-order valence-corrected chi connectivity index (χ2v) is 7.50. The number of nitrogens with zero attached hydrogens (tertiary/aromatic N) is 1. The number of nitrogens with one attached hydrogen (secondary N) is 2. The number of rotatable bonds is 10. The normalized spacial score (nSPS) is 13.7. The minimum atomic E-state index is -0.355. The zero-order valence-corrected chi connectivity index (χ0v) is 18.7. The summed E-state index contributed by atoms with van der Waals surface area (Å²) >= 11 is 0. The highest BCUT2D eigenvalue weighted by atomic mass is 16.5. The summed E-state index contributed by atoms with van der Waals surface area (Å²) in [6, 6.07) is 14.7. The van der Waals surface area contributed by atoms with Crippen molar-refractivity contribution in [3.05, 3.63) is 65.4 Å². The largest absolute Gasteiger partial charge is 0.382 e. The number of imide groups is 1. The molecule has 0 radical (unpaired) electrons. The Morgan fingerprint density at radius 2 is 1.59 bits per heavy atom. The van der Waals surface area contributed by atoms with Crippen LogP contribution >= 0.6 is 0 Å². The summed E-state index contributed by atoms with van der Waals surface area (Å²) in [5.74, 6) is -0.874. The molecule has 2 N–H and O–H groups in total. The number of ether oxygens (including phenoxy) is 1. The smallest absolute Gasteiger partial charge is 0.278 e. The first kappa shape index (κ1) is 23.2. The summed E-state index contributed by atoms with van der Waals surface area (Å²) in [5.41, 5.74) is 3.73. The molecule has 0 spiro atoms. The Morgan fingerprint density at radius 3 is 2.19 bits per heavy atom. The Balaban J connectivity index is 1.92. The van der Waals surface area contributed by atoms with Crippen molar-refractivity contribution in [2.75, 3.05) is 30.4 Å². The fourth-order valence-corrected chi connectivity index (χ4v) is 3.52. The Bertz CT molecular complexity index is 1010. The van der Waals surface area contributed by atoms with Crippen molar-refractivity contribution >= 4 is 34.7 Å². The van der Waals surface area contributed by atoms with E-state index >= 15 is 0 Å². The molecular weight excluding hydrogens is 406 g/mol. The molecule has 7 nitrogen and oxygen atoms in total. The van der Waals surface area contributed by atoms with Gasteiger partial charge in [0.25, 0.3) is 11.8 Å². The lowest BCUT2D eigenvalue weighted by molar-refractivity contribution is -0.137. The highest BCUT2D eigenvalue weighted by molar-refractivity contribution is 6.36. The van der Waals surface area contributed by atoms with Crippen LogP contribution < -0.4 is 10.6 Å². The highest BCUT2D eigenvalue weighted by Crippen LogP contribution is 2.31. The van der Waals surface area contributed by atoms with Gasteiger partial charge in [0, 0.05) is 38.1 Å². The average Bonchev–Trinajstić information content (AvgIpc) is 3.01. The lowest BCUT2D eigenvalue weighted by atomic mass is 10.0. The Kier molecular flexibility index (Phi) is 7.78. The molecule has 0 fully saturated rings. The lowest BCUT2D eigenvalue weighted by Gasteiger charge is -2.15. The van der Waals surface area contributed by atoms with E-state index < -0.39 is 0 Å². The van der Waals surface area contributed by atoms with Crippen LogP contribution in [-0.4, -0.2) is 42.4 Å². The molecule has 3 rings (SSSR count). The molecule has 0 saturated carbocycles. The second kappa shape index (κ2) is 10.7. The molecular formula is C25H29N3O4. The third-order valence-corrected chi connectivity index (χ3v) is 5.17. The molecule has 168 valence electrons. The summed E-state index contributed by atoms with van der Waals surface area (Å²) < 4.78 is 5.35. The van der Waals surface area contributed by atoms with Crippen molar-refractivity contribution in [2.24, 2.45) is 0 Å². The van der Waals surface area contributed by atoms with E-state index in [4.69, 9.17) is 4.74 Å². The fraction of sp³-hybridized carbons (Fsp3) is 0.320. The van der Waals surface area contributed by atoms with E-state index in [9.17, 15) is 14.4 Å². The molecule has 32 heavy (non-hydrogen) atoms. The van der Waals surface area contributed by atoms with Gasteiger partial charge in [-0.15, -0.1) is 0 Å². The molecule has 0 aromatic heterocycles. The first-order valence-corrected chi connectivity index (χ1v) is 10.9. The van der Waals surface area contributed by atoms with Crippen molar-refractivity contribution in [1.29, 1.82) is 0 Å². The van der Waals surface area contributed by atoms with E-state index in [0.717, 1.165) is 12.1 Å². The Labute approximate surface area is 188 Å². The van der Waals surface area contributed by atoms with Crippen LogP contribution in [0.3, 0.4) is 0 Å². The zero-order valence-electron chi connectivity index (χ0n) is 18.7. The number of hydrogen-bond donors (Lipinski definition) is 2. The predicted octanol–water partition coefficient (Wildman–Crippen LogP) is 3.83. The summed E-state index contributed by atoms with van der Waals surface area (Å²) in [6.07, 6.45) is 1.48. The quantitative estimate of drug-likeness (QED) is 0.438. The van der Waals surface area contributed by atoms with Crippen LogP contribution in [0.1, 0.15) is 38.3 Å². The first-order chi connectivity index (χ1) is 15.4. The number of aryl methyl sites for hydroxylation is 1. The monoisotopic (exact) mass is 435 g/mol. The maximum Gasteiger partial charge on any atom is 0.278 e. The van der Waals surface area contributed by atoms with E-state index in [1.165, 1.54) is 17.4 Å². The van der Waals surface area contributed by atoms with Crippen LogP contribution in [0.4, 0.5) is 11.4 Å². The third-order valence-electron chi connectivity index (χ3n) is 5.17. The van der Waals surface area contributed by atoms with Gasteiger partial charge in [-0.25, -0.2) is 0 Å². The third kappa shape index (κ3) is 5.42. The maximum atomic E-state index is 13.2. The van der Waals surface area contributed by atoms with Crippen molar-refractivity contribution in [2.45, 2.75) is 33.6 Å². The van der Waals surface area contributed by atoms with Crippen LogP contribution in [0.25, 0.3) is 5.57 Å². The molecule has 1 heterocycles. The SMILES string of the molecule is CCOCCCN1C(=O)C(Nc2ccc(CC)cc2)=C(c2ccc(NC(C)=O)cc2)C1=O. The van der Waals surface area contributed by atoms with Crippen LogP contribution in [0.5, 0.6) is 0 Å². The maximum absolute atomic E-state index is 13.2. The topological polar surface area (TPSA) is 87.7 Å². The van der Waals surface area contributed by atoms with Gasteiger partial charge in [-0.3, -0.25) is 19.3 Å². The van der Waals surface area contributed by atoms with Crippen LogP contribution in [-0.2, 0) is 25.5 Å². The Hall–Kier alpha value is -3.45. The van der Waals surface area contributed by atoms with Gasteiger partial charge in [0.15, 0.2) is 0 Å². The summed E-state index contributed by atoms with van der Waals surface area (Å²) in [4.78, 5) is 39.0.